The predicted molar refractivity (Wildman–Crippen MR) is 74.2 cm³/mol. The molecule has 0 aliphatic rings. The Balaban J connectivity index is 2.22. The van der Waals surface area contributed by atoms with Crippen molar-refractivity contribution in [2.45, 2.75) is 20.3 Å². The van der Waals surface area contributed by atoms with Gasteiger partial charge in [0.05, 0.1) is 5.56 Å². The van der Waals surface area contributed by atoms with Crippen LogP contribution in [0.4, 0.5) is 0 Å². The molecule has 0 atom stereocenters. The summed E-state index contributed by atoms with van der Waals surface area (Å²) in [5.41, 5.74) is 0.510. The number of ether oxygens (including phenoxy) is 1. The molecule has 1 aromatic heterocycles. The molecule has 4 nitrogen and oxygen atoms in total. The Hall–Kier alpha value is -1.20. The highest BCUT2D eigenvalue weighted by molar-refractivity contribution is 7.71. The lowest BCUT2D eigenvalue weighted by Crippen LogP contribution is -2.25. The van der Waals surface area contributed by atoms with Gasteiger partial charge in [0.15, 0.2) is 0 Å². The van der Waals surface area contributed by atoms with Crippen LogP contribution in [0.15, 0.2) is 18.3 Å². The number of H-pyrrole nitrogens is 1. The first-order valence-corrected chi connectivity index (χ1v) is 6.55. The van der Waals surface area contributed by atoms with E-state index in [4.69, 9.17) is 17.0 Å². The molecule has 0 unspecified atom stereocenters. The van der Waals surface area contributed by atoms with Crippen LogP contribution in [0, 0.1) is 10.6 Å². The Morgan fingerprint density at radius 3 is 3.00 bits per heavy atom. The quantitative estimate of drug-likeness (QED) is 0.590. The van der Waals surface area contributed by atoms with Gasteiger partial charge >= 0.3 is 0 Å². The van der Waals surface area contributed by atoms with Crippen LogP contribution in [0.5, 0.6) is 0 Å². The minimum atomic E-state index is -0.138. The molecule has 5 heteroatoms. The maximum Gasteiger partial charge on any atom is 0.254 e. The number of carbonyl (C=O) groups excluding carboxylic acids is 1. The predicted octanol–water partition coefficient (Wildman–Crippen LogP) is 2.54. The fraction of sp³-hybridized carbons (Fsp3) is 0.538. The van der Waals surface area contributed by atoms with Gasteiger partial charge < -0.3 is 15.0 Å². The van der Waals surface area contributed by atoms with Crippen LogP contribution in [-0.2, 0) is 4.74 Å². The number of nitrogens with one attached hydrogen (secondary N) is 2. The maximum absolute atomic E-state index is 11.8. The van der Waals surface area contributed by atoms with Crippen molar-refractivity contribution in [3.63, 3.8) is 0 Å². The van der Waals surface area contributed by atoms with Gasteiger partial charge in [-0.25, -0.2) is 0 Å². The summed E-state index contributed by atoms with van der Waals surface area (Å²) in [6.45, 7) is 6.25. The zero-order valence-corrected chi connectivity index (χ0v) is 11.7. The van der Waals surface area contributed by atoms with E-state index in [1.54, 1.807) is 18.3 Å². The molecule has 0 radical (unpaired) electrons. The number of pyridine rings is 1. The minimum Gasteiger partial charge on any atom is -0.381 e. The first-order chi connectivity index (χ1) is 8.61. The molecule has 2 N–H and O–H groups in total. The SMILES string of the molecule is CC(C)COCCCNC(=O)c1ccc[nH]c1=S. The van der Waals surface area contributed by atoms with Gasteiger partial charge in [-0.15, -0.1) is 0 Å². The van der Waals surface area contributed by atoms with Gasteiger partial charge in [0.1, 0.15) is 4.64 Å². The molecule has 0 spiro atoms. The summed E-state index contributed by atoms with van der Waals surface area (Å²) in [5, 5.41) is 2.82. The molecule has 100 valence electrons. The zero-order valence-electron chi connectivity index (χ0n) is 10.9. The van der Waals surface area contributed by atoms with Crippen LogP contribution in [0.25, 0.3) is 0 Å². The lowest BCUT2D eigenvalue weighted by atomic mass is 10.2. The second-order valence-electron chi connectivity index (χ2n) is 4.49. The molecule has 1 aromatic rings. The molecule has 0 saturated carbocycles. The van der Waals surface area contributed by atoms with Gasteiger partial charge in [0, 0.05) is 26.0 Å². The van der Waals surface area contributed by atoms with Crippen LogP contribution in [0.2, 0.25) is 0 Å². The molecule has 1 rings (SSSR count). The van der Waals surface area contributed by atoms with Crippen molar-refractivity contribution in [3.05, 3.63) is 28.5 Å². The topological polar surface area (TPSA) is 54.1 Å². The Bertz CT molecular complexity index is 429. The van der Waals surface area contributed by atoms with Crippen LogP contribution in [0.1, 0.15) is 30.6 Å². The third-order valence-corrected chi connectivity index (χ3v) is 2.60. The van der Waals surface area contributed by atoms with E-state index in [1.807, 2.05) is 0 Å². The third kappa shape index (κ3) is 5.42. The summed E-state index contributed by atoms with van der Waals surface area (Å²) >= 11 is 5.04. The van der Waals surface area contributed by atoms with Gasteiger partial charge in [-0.3, -0.25) is 4.79 Å². The second-order valence-corrected chi connectivity index (χ2v) is 4.90. The monoisotopic (exact) mass is 268 g/mol. The molecule has 1 heterocycles. The van der Waals surface area contributed by atoms with Crippen LogP contribution in [0.3, 0.4) is 0 Å². The van der Waals surface area contributed by atoms with Crippen LogP contribution in [-0.4, -0.2) is 30.6 Å². The van der Waals surface area contributed by atoms with E-state index in [0.717, 1.165) is 13.0 Å². The summed E-state index contributed by atoms with van der Waals surface area (Å²) in [7, 11) is 0. The molecule has 18 heavy (non-hydrogen) atoms. The maximum atomic E-state index is 11.8. The fourth-order valence-electron chi connectivity index (χ4n) is 1.39. The van der Waals surface area contributed by atoms with Crippen molar-refractivity contribution in [1.82, 2.24) is 10.3 Å². The third-order valence-electron chi connectivity index (χ3n) is 2.26. The summed E-state index contributed by atoms with van der Waals surface area (Å²) < 4.78 is 5.89. The van der Waals surface area contributed by atoms with Crippen molar-refractivity contribution < 1.29 is 9.53 Å². The van der Waals surface area contributed by atoms with Gasteiger partial charge in [0.2, 0.25) is 0 Å². The Morgan fingerprint density at radius 1 is 1.56 bits per heavy atom. The molecule has 0 aromatic carbocycles. The molecule has 0 aliphatic heterocycles. The Labute approximate surface area is 113 Å². The average molecular weight is 268 g/mol. The van der Waals surface area contributed by atoms with E-state index in [9.17, 15) is 4.79 Å². The number of amides is 1. The van der Waals surface area contributed by atoms with Gasteiger partial charge in [-0.1, -0.05) is 26.1 Å². The first-order valence-electron chi connectivity index (χ1n) is 6.15. The number of hydrogen-bond acceptors (Lipinski definition) is 3. The lowest BCUT2D eigenvalue weighted by molar-refractivity contribution is 0.0924. The summed E-state index contributed by atoms with van der Waals surface area (Å²) in [5.74, 6) is 0.405. The van der Waals surface area contributed by atoms with Crippen molar-refractivity contribution in [1.29, 1.82) is 0 Å². The molecule has 0 fully saturated rings. The number of carbonyl (C=O) groups is 1. The van der Waals surface area contributed by atoms with E-state index in [-0.39, 0.29) is 5.91 Å². The Morgan fingerprint density at radius 2 is 2.33 bits per heavy atom. The fourth-order valence-corrected chi connectivity index (χ4v) is 1.62. The number of aromatic amines is 1. The first kappa shape index (κ1) is 14.9. The summed E-state index contributed by atoms with van der Waals surface area (Å²) in [6, 6.07) is 3.47. The molecule has 0 saturated heterocycles. The smallest absolute Gasteiger partial charge is 0.254 e. The highest BCUT2D eigenvalue weighted by atomic mass is 32.1. The number of hydrogen-bond donors (Lipinski definition) is 2. The van der Waals surface area contributed by atoms with Crippen molar-refractivity contribution in [2.75, 3.05) is 19.8 Å². The van der Waals surface area contributed by atoms with Crippen molar-refractivity contribution in [2.24, 2.45) is 5.92 Å². The molecular weight excluding hydrogens is 248 g/mol. The minimum absolute atomic E-state index is 0.138. The largest absolute Gasteiger partial charge is 0.381 e. The van der Waals surface area contributed by atoms with E-state index < -0.39 is 0 Å². The van der Waals surface area contributed by atoms with Gasteiger partial charge in [-0.05, 0) is 24.5 Å². The standard InChI is InChI=1S/C13H20N2O2S/c1-10(2)9-17-8-4-7-14-12(16)11-5-3-6-15-13(11)18/h3,5-6,10H,4,7-9H2,1-2H3,(H,14,16)(H,15,18). The second kappa shape index (κ2) is 8.00. The number of rotatable bonds is 7. The molecule has 0 aliphatic carbocycles. The summed E-state index contributed by atoms with van der Waals surface area (Å²) in [4.78, 5) is 14.6. The molecule has 1 amide bonds. The van der Waals surface area contributed by atoms with E-state index in [2.05, 4.69) is 24.1 Å². The highest BCUT2D eigenvalue weighted by Crippen LogP contribution is 1.99. The van der Waals surface area contributed by atoms with E-state index in [1.165, 1.54) is 0 Å². The normalized spacial score (nSPS) is 10.6. The van der Waals surface area contributed by atoms with Gasteiger partial charge in [0.25, 0.3) is 5.91 Å². The van der Waals surface area contributed by atoms with Crippen molar-refractivity contribution >= 4 is 18.1 Å². The highest BCUT2D eigenvalue weighted by Gasteiger charge is 2.05. The van der Waals surface area contributed by atoms with E-state index >= 15 is 0 Å². The van der Waals surface area contributed by atoms with E-state index in [0.29, 0.717) is 29.3 Å². The average Bonchev–Trinajstić information content (AvgIpc) is 2.33. The van der Waals surface area contributed by atoms with Crippen molar-refractivity contribution in [3.8, 4) is 0 Å². The Kier molecular flexibility index (Phi) is 6.60. The van der Waals surface area contributed by atoms with Crippen LogP contribution < -0.4 is 5.32 Å². The summed E-state index contributed by atoms with van der Waals surface area (Å²) in [6.07, 6.45) is 2.51. The molecule has 0 bridgehead atoms. The van der Waals surface area contributed by atoms with Gasteiger partial charge in [-0.2, -0.15) is 0 Å². The lowest BCUT2D eigenvalue weighted by Gasteiger charge is -2.07. The molecular formula is C13H20N2O2S. The van der Waals surface area contributed by atoms with Crippen LogP contribution >= 0.6 is 12.2 Å². The number of aromatic nitrogens is 1. The zero-order chi connectivity index (χ0) is 13.4.